The number of ether oxygens (including phenoxy) is 2. The second kappa shape index (κ2) is 12.1. The molecule has 1 aromatic heterocycles. The van der Waals surface area contributed by atoms with E-state index in [1.807, 2.05) is 66.7 Å². The highest BCUT2D eigenvalue weighted by molar-refractivity contribution is 9.10. The summed E-state index contributed by atoms with van der Waals surface area (Å²) in [5.74, 6) is 0.0188. The molecule has 0 unspecified atom stereocenters. The second-order valence-corrected chi connectivity index (χ2v) is 12.0. The predicted octanol–water partition coefficient (Wildman–Crippen LogP) is 5.31. The molecule has 2 aliphatic heterocycles. The average molecular weight is 645 g/mol. The number of hydrogen-bond donors (Lipinski definition) is 0. The quantitative estimate of drug-likeness (QED) is 0.255. The van der Waals surface area contributed by atoms with Crippen LogP contribution in [0.5, 0.6) is 5.75 Å². The fourth-order valence-corrected chi connectivity index (χ4v) is 6.94. The summed E-state index contributed by atoms with van der Waals surface area (Å²) in [5, 5.41) is 0. The van der Waals surface area contributed by atoms with Crippen molar-refractivity contribution in [1.29, 1.82) is 0 Å². The Hall–Kier alpha value is -3.95. The van der Waals surface area contributed by atoms with E-state index >= 15 is 0 Å². The van der Waals surface area contributed by atoms with E-state index in [2.05, 4.69) is 33.0 Å². The van der Waals surface area contributed by atoms with Crippen molar-refractivity contribution in [3.8, 4) is 5.75 Å². The molecular weight excluding hydrogens is 614 g/mol. The van der Waals surface area contributed by atoms with Gasteiger partial charge in [-0.15, -0.1) is 0 Å². The first-order valence-electron chi connectivity index (χ1n) is 14.0. The smallest absolute Gasteiger partial charge is 0.338 e. The molecule has 2 aliphatic rings. The summed E-state index contributed by atoms with van der Waals surface area (Å²) in [5.41, 5.74) is 4.06. The van der Waals surface area contributed by atoms with Gasteiger partial charge >= 0.3 is 5.97 Å². The highest BCUT2D eigenvalue weighted by Gasteiger charge is 2.36. The van der Waals surface area contributed by atoms with Crippen molar-refractivity contribution in [2.24, 2.45) is 4.99 Å². The molecule has 214 valence electrons. The van der Waals surface area contributed by atoms with Crippen LogP contribution in [0.4, 0.5) is 5.69 Å². The summed E-state index contributed by atoms with van der Waals surface area (Å²) in [4.78, 5) is 35.7. The normalized spacial score (nSPS) is 16.8. The zero-order chi connectivity index (χ0) is 29.2. The van der Waals surface area contributed by atoms with Gasteiger partial charge in [0.2, 0.25) is 0 Å². The van der Waals surface area contributed by atoms with Crippen LogP contribution in [0, 0.1) is 0 Å². The molecule has 7 nitrogen and oxygen atoms in total. The van der Waals surface area contributed by atoms with Gasteiger partial charge < -0.3 is 14.4 Å². The molecule has 0 radical (unpaired) electrons. The van der Waals surface area contributed by atoms with Crippen molar-refractivity contribution in [1.82, 2.24) is 4.57 Å². The van der Waals surface area contributed by atoms with Crippen LogP contribution in [0.15, 0.2) is 92.6 Å². The zero-order valence-corrected chi connectivity index (χ0v) is 25.8. The second-order valence-electron chi connectivity index (χ2n) is 10.1. The molecule has 1 fully saturated rings. The van der Waals surface area contributed by atoms with Gasteiger partial charge in [0.25, 0.3) is 5.56 Å². The number of methoxy groups -OCH3 is 1. The Labute approximate surface area is 256 Å². The molecular formula is C33H30BrN3O4S. The number of aromatic nitrogens is 1. The molecule has 3 heterocycles. The van der Waals surface area contributed by atoms with Crippen molar-refractivity contribution in [2.45, 2.75) is 25.8 Å². The SMILES string of the molecule is CCOC(=O)C1=C(c2ccccc2)N=c2s/c(=C\c3ccc(N4CCCC4)cc3)c(=O)n2[C@@H]1c1cc(Br)ccc1OC. The average Bonchev–Trinajstić information content (AvgIpc) is 3.66. The monoisotopic (exact) mass is 643 g/mol. The van der Waals surface area contributed by atoms with E-state index in [1.54, 1.807) is 18.6 Å². The van der Waals surface area contributed by atoms with Gasteiger partial charge in [-0.05, 0) is 61.7 Å². The number of carbonyl (C=O) groups is 1. The minimum absolute atomic E-state index is 0.185. The maximum atomic E-state index is 14.2. The Kier molecular flexibility index (Phi) is 8.13. The number of carbonyl (C=O) groups excluding carboxylic acids is 1. The van der Waals surface area contributed by atoms with Crippen LogP contribution in [0.3, 0.4) is 0 Å². The molecule has 0 N–H and O–H groups in total. The van der Waals surface area contributed by atoms with Gasteiger partial charge in [0.05, 0.1) is 29.5 Å². The zero-order valence-electron chi connectivity index (χ0n) is 23.4. The Balaban J connectivity index is 1.58. The maximum Gasteiger partial charge on any atom is 0.338 e. The van der Waals surface area contributed by atoms with Crippen molar-refractivity contribution < 1.29 is 14.3 Å². The maximum absolute atomic E-state index is 14.2. The van der Waals surface area contributed by atoms with Crippen molar-refractivity contribution in [3.05, 3.63) is 119 Å². The first-order chi connectivity index (χ1) is 20.5. The topological polar surface area (TPSA) is 73.1 Å². The first-order valence-corrected chi connectivity index (χ1v) is 15.6. The molecule has 3 aromatic carbocycles. The predicted molar refractivity (Wildman–Crippen MR) is 170 cm³/mol. The molecule has 42 heavy (non-hydrogen) atoms. The number of hydrogen-bond acceptors (Lipinski definition) is 7. The molecule has 0 aliphatic carbocycles. The number of halogens is 1. The minimum atomic E-state index is -0.817. The summed E-state index contributed by atoms with van der Waals surface area (Å²) >= 11 is 4.88. The molecule has 1 saturated heterocycles. The molecule has 6 rings (SSSR count). The Morgan fingerprint density at radius 2 is 1.81 bits per heavy atom. The van der Waals surface area contributed by atoms with Crippen LogP contribution in [0.1, 0.15) is 42.5 Å². The van der Waals surface area contributed by atoms with Gasteiger partial charge in [0.15, 0.2) is 4.80 Å². The molecule has 1 atom stereocenters. The van der Waals surface area contributed by atoms with Gasteiger partial charge in [-0.1, -0.05) is 69.7 Å². The Bertz CT molecular complexity index is 1840. The molecule has 4 aromatic rings. The fourth-order valence-electron chi connectivity index (χ4n) is 5.56. The van der Waals surface area contributed by atoms with E-state index in [1.165, 1.54) is 29.9 Å². The summed E-state index contributed by atoms with van der Waals surface area (Å²) in [6.07, 6.45) is 4.32. The van der Waals surface area contributed by atoms with Gasteiger partial charge in [-0.25, -0.2) is 9.79 Å². The largest absolute Gasteiger partial charge is 0.496 e. The van der Waals surface area contributed by atoms with E-state index in [9.17, 15) is 9.59 Å². The van der Waals surface area contributed by atoms with Crippen LogP contribution < -0.4 is 24.5 Å². The minimum Gasteiger partial charge on any atom is -0.496 e. The summed E-state index contributed by atoms with van der Waals surface area (Å²) in [7, 11) is 1.58. The van der Waals surface area contributed by atoms with Gasteiger partial charge in [-0.2, -0.15) is 0 Å². The number of benzene rings is 3. The highest BCUT2D eigenvalue weighted by Crippen LogP contribution is 2.39. The third-order valence-electron chi connectivity index (χ3n) is 7.52. The van der Waals surface area contributed by atoms with E-state index in [0.29, 0.717) is 26.3 Å². The lowest BCUT2D eigenvalue weighted by molar-refractivity contribution is -0.138. The van der Waals surface area contributed by atoms with Gasteiger partial charge in [0, 0.05) is 34.4 Å². The Morgan fingerprint density at radius 3 is 2.50 bits per heavy atom. The van der Waals surface area contributed by atoms with E-state index in [4.69, 9.17) is 14.5 Å². The molecule has 0 amide bonds. The van der Waals surface area contributed by atoms with Crippen LogP contribution in [-0.4, -0.2) is 37.3 Å². The lowest BCUT2D eigenvalue weighted by Gasteiger charge is -2.27. The van der Waals surface area contributed by atoms with Crippen molar-refractivity contribution >= 4 is 50.7 Å². The number of nitrogens with zero attached hydrogens (tertiary/aromatic N) is 3. The van der Waals surface area contributed by atoms with Gasteiger partial charge in [0.1, 0.15) is 11.8 Å². The molecule has 9 heteroatoms. The summed E-state index contributed by atoms with van der Waals surface area (Å²) < 4.78 is 14.2. The molecule has 0 saturated carbocycles. The Morgan fingerprint density at radius 1 is 1.07 bits per heavy atom. The lowest BCUT2D eigenvalue weighted by atomic mass is 9.92. The number of esters is 1. The van der Waals surface area contributed by atoms with Crippen LogP contribution in [0.25, 0.3) is 11.8 Å². The third kappa shape index (κ3) is 5.34. The van der Waals surface area contributed by atoms with Crippen molar-refractivity contribution in [2.75, 3.05) is 31.7 Å². The first kappa shape index (κ1) is 28.2. The van der Waals surface area contributed by atoms with Crippen molar-refractivity contribution in [3.63, 3.8) is 0 Å². The van der Waals surface area contributed by atoms with E-state index in [0.717, 1.165) is 28.7 Å². The molecule has 0 spiro atoms. The lowest BCUT2D eigenvalue weighted by Crippen LogP contribution is -2.40. The number of fused-ring (bicyclic) bond motifs is 1. The summed E-state index contributed by atoms with van der Waals surface area (Å²) in [6, 6.07) is 22.6. The third-order valence-corrected chi connectivity index (χ3v) is 9.00. The number of anilines is 1. The summed E-state index contributed by atoms with van der Waals surface area (Å²) in [6.45, 7) is 4.09. The fraction of sp³-hybridized carbons (Fsp3) is 0.242. The van der Waals surface area contributed by atoms with Crippen LogP contribution in [-0.2, 0) is 9.53 Å². The standard InChI is InChI=1S/C33H30BrN3O4S/c1-3-41-32(39)28-29(22-9-5-4-6-10-22)35-33-37(30(28)25-20-23(34)13-16-26(25)40-2)31(38)27(42-33)19-21-11-14-24(15-12-21)36-17-7-8-18-36/h4-6,9-16,19-20,30H,3,7-8,17-18H2,1-2H3/b27-19-/t30-/m1/s1. The van der Waals surface area contributed by atoms with Crippen LogP contribution >= 0.6 is 27.3 Å². The van der Waals surface area contributed by atoms with Gasteiger partial charge in [-0.3, -0.25) is 9.36 Å². The number of rotatable bonds is 7. The molecule has 0 bridgehead atoms. The van der Waals surface area contributed by atoms with E-state index < -0.39 is 12.0 Å². The van der Waals surface area contributed by atoms with E-state index in [-0.39, 0.29) is 17.7 Å². The highest BCUT2D eigenvalue weighted by atomic mass is 79.9. The van der Waals surface area contributed by atoms with Crippen LogP contribution in [0.2, 0.25) is 0 Å². The number of thiazole rings is 1.